The lowest BCUT2D eigenvalue weighted by Crippen LogP contribution is -2.31. The lowest BCUT2D eigenvalue weighted by Gasteiger charge is -2.17. The second kappa shape index (κ2) is 7.56. The highest BCUT2D eigenvalue weighted by Gasteiger charge is 2.16. The Morgan fingerprint density at radius 1 is 1.27 bits per heavy atom. The Balaban J connectivity index is 2.09. The van der Waals surface area contributed by atoms with Crippen molar-refractivity contribution in [2.24, 2.45) is 0 Å². The minimum absolute atomic E-state index is 0.118. The van der Waals surface area contributed by atoms with Crippen LogP contribution in [0.1, 0.15) is 16.1 Å². The zero-order chi connectivity index (χ0) is 15.9. The van der Waals surface area contributed by atoms with E-state index in [9.17, 15) is 4.79 Å². The van der Waals surface area contributed by atoms with E-state index in [1.807, 2.05) is 31.2 Å². The average Bonchev–Trinajstić information content (AvgIpc) is 2.97. The molecule has 0 fully saturated rings. The Bertz CT molecular complexity index is 651. The number of benzene rings is 1. The van der Waals surface area contributed by atoms with Gasteiger partial charge in [-0.15, -0.1) is 24.5 Å². The summed E-state index contributed by atoms with van der Waals surface area (Å²) >= 11 is 1.41. The molecule has 1 amide bonds. The van der Waals surface area contributed by atoms with Crippen LogP contribution < -0.4 is 5.32 Å². The van der Waals surface area contributed by atoms with Crippen molar-refractivity contribution in [3.8, 4) is 0 Å². The van der Waals surface area contributed by atoms with Crippen LogP contribution in [0, 0.1) is 6.92 Å². The summed E-state index contributed by atoms with van der Waals surface area (Å²) in [5.74, 6) is -0.118. The standard InChI is InChI=1S/C17H19N3OS/c1-4-10-20(11-5-2)16(21)15-12-22-17(19-15)18-14-8-6-13(3)7-9-14/h4-9,12H,1-2,10-11H2,3H3,(H,18,19). The topological polar surface area (TPSA) is 45.2 Å². The molecular weight excluding hydrogens is 294 g/mol. The number of hydrogen-bond acceptors (Lipinski definition) is 4. The molecule has 1 heterocycles. The predicted octanol–water partition coefficient (Wildman–Crippen LogP) is 4.01. The van der Waals surface area contributed by atoms with Crippen LogP contribution in [0.2, 0.25) is 0 Å². The zero-order valence-electron chi connectivity index (χ0n) is 12.6. The molecule has 114 valence electrons. The van der Waals surface area contributed by atoms with E-state index in [2.05, 4.69) is 23.5 Å². The number of thiazole rings is 1. The summed E-state index contributed by atoms with van der Waals surface area (Å²) in [4.78, 5) is 18.4. The normalized spacial score (nSPS) is 10.0. The lowest BCUT2D eigenvalue weighted by molar-refractivity contribution is 0.0786. The Morgan fingerprint density at radius 2 is 1.91 bits per heavy atom. The van der Waals surface area contributed by atoms with Gasteiger partial charge in [-0.05, 0) is 19.1 Å². The van der Waals surface area contributed by atoms with Gasteiger partial charge in [0, 0.05) is 24.2 Å². The molecule has 5 heteroatoms. The lowest BCUT2D eigenvalue weighted by atomic mass is 10.2. The minimum atomic E-state index is -0.118. The van der Waals surface area contributed by atoms with E-state index in [4.69, 9.17) is 0 Å². The Morgan fingerprint density at radius 3 is 2.50 bits per heavy atom. The van der Waals surface area contributed by atoms with E-state index in [-0.39, 0.29) is 5.91 Å². The fourth-order valence-electron chi connectivity index (χ4n) is 1.90. The third kappa shape index (κ3) is 4.05. The first-order valence-corrected chi connectivity index (χ1v) is 7.82. The first-order chi connectivity index (χ1) is 10.6. The van der Waals surface area contributed by atoms with Crippen molar-refractivity contribution < 1.29 is 4.79 Å². The van der Waals surface area contributed by atoms with Crippen molar-refractivity contribution in [3.63, 3.8) is 0 Å². The summed E-state index contributed by atoms with van der Waals surface area (Å²) in [5.41, 5.74) is 2.58. The third-order valence-electron chi connectivity index (χ3n) is 3.01. The molecule has 4 nitrogen and oxygen atoms in total. The molecule has 0 saturated carbocycles. The van der Waals surface area contributed by atoms with Gasteiger partial charge in [0.25, 0.3) is 5.91 Å². The first-order valence-electron chi connectivity index (χ1n) is 6.94. The molecule has 1 aromatic carbocycles. The molecule has 0 saturated heterocycles. The van der Waals surface area contributed by atoms with Crippen molar-refractivity contribution in [2.45, 2.75) is 6.92 Å². The van der Waals surface area contributed by atoms with Crippen molar-refractivity contribution in [1.82, 2.24) is 9.88 Å². The smallest absolute Gasteiger partial charge is 0.273 e. The minimum Gasteiger partial charge on any atom is -0.332 e. The second-order valence-corrected chi connectivity index (χ2v) is 5.67. The number of nitrogens with one attached hydrogen (secondary N) is 1. The molecule has 2 rings (SSSR count). The summed E-state index contributed by atoms with van der Waals surface area (Å²) in [5, 5.41) is 5.67. The van der Waals surface area contributed by atoms with Gasteiger partial charge in [0.05, 0.1) is 0 Å². The average molecular weight is 313 g/mol. The number of amides is 1. The van der Waals surface area contributed by atoms with Gasteiger partial charge in [-0.1, -0.05) is 29.8 Å². The number of rotatable bonds is 7. The maximum Gasteiger partial charge on any atom is 0.273 e. The number of anilines is 2. The molecule has 0 aliphatic heterocycles. The van der Waals surface area contributed by atoms with Crippen LogP contribution in [0.5, 0.6) is 0 Å². The number of hydrogen-bond donors (Lipinski definition) is 1. The number of carbonyl (C=O) groups excluding carboxylic acids is 1. The van der Waals surface area contributed by atoms with Gasteiger partial charge in [0.2, 0.25) is 0 Å². The molecule has 0 spiro atoms. The molecule has 0 atom stereocenters. The highest BCUT2D eigenvalue weighted by molar-refractivity contribution is 7.14. The molecule has 1 N–H and O–H groups in total. The number of nitrogens with zero attached hydrogens (tertiary/aromatic N) is 2. The van der Waals surface area contributed by atoms with Gasteiger partial charge in [-0.25, -0.2) is 4.98 Å². The predicted molar refractivity (Wildman–Crippen MR) is 92.9 cm³/mol. The fraction of sp³-hybridized carbons (Fsp3) is 0.176. The monoisotopic (exact) mass is 313 g/mol. The van der Waals surface area contributed by atoms with Gasteiger partial charge in [0.1, 0.15) is 5.69 Å². The molecule has 1 aromatic heterocycles. The quantitative estimate of drug-likeness (QED) is 0.786. The van der Waals surface area contributed by atoms with Crippen molar-refractivity contribution in [1.29, 1.82) is 0 Å². The van der Waals surface area contributed by atoms with Crippen LogP contribution in [-0.4, -0.2) is 28.9 Å². The molecule has 0 unspecified atom stereocenters. The number of aromatic nitrogens is 1. The summed E-state index contributed by atoms with van der Waals surface area (Å²) in [6.07, 6.45) is 3.39. The molecule has 22 heavy (non-hydrogen) atoms. The summed E-state index contributed by atoms with van der Waals surface area (Å²) < 4.78 is 0. The van der Waals surface area contributed by atoms with Gasteiger partial charge in [-0.2, -0.15) is 0 Å². The molecule has 2 aromatic rings. The van der Waals surface area contributed by atoms with Crippen molar-refractivity contribution in [3.05, 3.63) is 66.2 Å². The molecule has 0 bridgehead atoms. The van der Waals surface area contributed by atoms with E-state index in [1.54, 1.807) is 22.4 Å². The van der Waals surface area contributed by atoms with E-state index in [1.165, 1.54) is 16.9 Å². The van der Waals surface area contributed by atoms with Crippen molar-refractivity contribution in [2.75, 3.05) is 18.4 Å². The van der Waals surface area contributed by atoms with Crippen LogP contribution in [0.15, 0.2) is 55.0 Å². The van der Waals surface area contributed by atoms with Crippen LogP contribution in [0.25, 0.3) is 0 Å². The summed E-state index contributed by atoms with van der Waals surface area (Å²) in [6, 6.07) is 8.02. The van der Waals surface area contributed by atoms with Gasteiger partial charge in [0.15, 0.2) is 5.13 Å². The maximum absolute atomic E-state index is 12.4. The molecule has 0 radical (unpaired) electrons. The third-order valence-corrected chi connectivity index (χ3v) is 3.77. The zero-order valence-corrected chi connectivity index (χ0v) is 13.4. The summed E-state index contributed by atoms with van der Waals surface area (Å²) in [6.45, 7) is 10.3. The van der Waals surface area contributed by atoms with E-state index >= 15 is 0 Å². The van der Waals surface area contributed by atoms with Gasteiger partial charge >= 0.3 is 0 Å². The highest BCUT2D eigenvalue weighted by Crippen LogP contribution is 2.22. The van der Waals surface area contributed by atoms with E-state index < -0.39 is 0 Å². The van der Waals surface area contributed by atoms with E-state index in [0.29, 0.717) is 23.9 Å². The molecular formula is C17H19N3OS. The van der Waals surface area contributed by atoms with Gasteiger partial charge < -0.3 is 10.2 Å². The number of aryl methyl sites for hydroxylation is 1. The number of carbonyl (C=O) groups is 1. The van der Waals surface area contributed by atoms with Crippen LogP contribution >= 0.6 is 11.3 Å². The Kier molecular flexibility index (Phi) is 5.49. The largest absolute Gasteiger partial charge is 0.332 e. The molecule has 0 aliphatic rings. The van der Waals surface area contributed by atoms with Crippen LogP contribution in [-0.2, 0) is 0 Å². The van der Waals surface area contributed by atoms with Gasteiger partial charge in [-0.3, -0.25) is 4.79 Å². The second-order valence-electron chi connectivity index (χ2n) is 4.82. The first kappa shape index (κ1) is 16.0. The Labute approximate surface area is 134 Å². The summed E-state index contributed by atoms with van der Waals surface area (Å²) in [7, 11) is 0. The maximum atomic E-state index is 12.4. The van der Waals surface area contributed by atoms with Crippen molar-refractivity contribution >= 4 is 28.1 Å². The fourth-order valence-corrected chi connectivity index (χ4v) is 2.61. The Hall–Kier alpha value is -2.40. The molecule has 0 aliphatic carbocycles. The van der Waals surface area contributed by atoms with E-state index in [0.717, 1.165) is 5.69 Å². The van der Waals surface area contributed by atoms with Crippen LogP contribution in [0.4, 0.5) is 10.8 Å². The SMILES string of the molecule is C=CCN(CC=C)C(=O)c1csc(Nc2ccc(C)cc2)n1. The highest BCUT2D eigenvalue weighted by atomic mass is 32.1. The van der Waals surface area contributed by atoms with Crippen LogP contribution in [0.3, 0.4) is 0 Å².